The van der Waals surface area contributed by atoms with Crippen LogP contribution in [0.4, 0.5) is 4.79 Å². The molecule has 0 aromatic rings. The molecule has 2 atom stereocenters. The molecule has 0 spiro atoms. The van der Waals surface area contributed by atoms with Gasteiger partial charge in [0.05, 0.1) is 7.11 Å². The van der Waals surface area contributed by atoms with Crippen LogP contribution in [-0.4, -0.2) is 48.9 Å². The van der Waals surface area contributed by atoms with Crippen molar-refractivity contribution in [3.8, 4) is 0 Å². The topological polar surface area (TPSA) is 78.9 Å². The Hall–Kier alpha value is -0.645. The highest BCUT2D eigenvalue weighted by Crippen LogP contribution is 2.23. The molecule has 8 heteroatoms. The van der Waals surface area contributed by atoms with Crippen LogP contribution >= 0.6 is 8.73 Å². The fourth-order valence-corrected chi connectivity index (χ4v) is 2.22. The normalized spacial score (nSPS) is 20.9. The number of esters is 1. The number of hydrogen-bond donors (Lipinski definition) is 2. The van der Waals surface area contributed by atoms with Crippen LogP contribution in [0.25, 0.3) is 0 Å². The average molecular weight is 232 g/mol. The number of methoxy groups -OCH3 is 1. The lowest BCUT2D eigenvalue weighted by molar-refractivity contribution is -0.144. The minimum absolute atomic E-state index is 0.156. The molecule has 1 unspecified atom stereocenters. The Labute approximate surface area is 90.5 Å². The molecule has 0 aromatic heterocycles. The summed E-state index contributed by atoms with van der Waals surface area (Å²) in [6.07, 6.45) is 1.47. The second-order valence-electron chi connectivity index (χ2n) is 3.14. The lowest BCUT2D eigenvalue weighted by atomic mass is 10.2. The predicted octanol–water partition coefficient (Wildman–Crippen LogP) is -0.814. The Morgan fingerprint density at radius 3 is 3.00 bits per heavy atom. The summed E-state index contributed by atoms with van der Waals surface area (Å²) >= 11 is 0. The van der Waals surface area contributed by atoms with E-state index in [2.05, 4.69) is 9.74 Å². The quantitative estimate of drug-likeness (QED) is 0.376. The second kappa shape index (κ2) is 6.05. The Morgan fingerprint density at radius 1 is 1.67 bits per heavy atom. The van der Waals surface area contributed by atoms with Gasteiger partial charge in [0, 0.05) is 15.3 Å². The lowest BCUT2D eigenvalue weighted by Gasteiger charge is -2.22. The first-order valence-corrected chi connectivity index (χ1v) is 5.69. The Kier molecular flexibility index (Phi) is 5.01. The van der Waals surface area contributed by atoms with Gasteiger partial charge in [-0.2, -0.15) is 0 Å². The fourth-order valence-electron chi connectivity index (χ4n) is 1.58. The van der Waals surface area contributed by atoms with Crippen molar-refractivity contribution in [1.29, 1.82) is 0 Å². The maximum atomic E-state index is 11.6. The summed E-state index contributed by atoms with van der Waals surface area (Å²) < 4.78 is 4.62. The van der Waals surface area contributed by atoms with E-state index in [1.54, 1.807) is 0 Å². The van der Waals surface area contributed by atoms with E-state index in [4.69, 9.17) is 5.02 Å². The van der Waals surface area contributed by atoms with Gasteiger partial charge in [-0.3, -0.25) is 4.79 Å². The molecule has 1 rings (SSSR count). The number of nitrogens with zero attached hydrogens (tertiary/aromatic N) is 1. The Bertz CT molecular complexity index is 253. The van der Waals surface area contributed by atoms with Crippen LogP contribution in [0.1, 0.15) is 12.8 Å². The number of carbonyl (C=O) groups excluding carboxylic acids is 2. The highest BCUT2D eigenvalue weighted by Gasteiger charge is 2.34. The molecule has 2 N–H and O–H groups in total. The van der Waals surface area contributed by atoms with Gasteiger partial charge in [0.25, 0.3) is 5.65 Å². The smallest absolute Gasteiger partial charge is 0.361 e. The highest BCUT2D eigenvalue weighted by atomic mass is 31.1. The van der Waals surface area contributed by atoms with E-state index in [-0.39, 0.29) is 28.0 Å². The minimum Gasteiger partial charge on any atom is -0.467 e. The Morgan fingerprint density at radius 2 is 2.40 bits per heavy atom. The van der Waals surface area contributed by atoms with Crippen molar-refractivity contribution in [1.82, 2.24) is 9.90 Å². The van der Waals surface area contributed by atoms with Crippen LogP contribution in [0.2, 0.25) is 0 Å². The number of hydrogen-bond acceptors (Lipinski definition) is 5. The first-order chi connectivity index (χ1) is 7.20. The average Bonchev–Trinajstić information content (AvgIpc) is 2.73. The predicted molar refractivity (Wildman–Crippen MR) is 58.0 cm³/mol. The summed E-state index contributed by atoms with van der Waals surface area (Å²) in [4.78, 5) is 27.0. The van der Waals surface area contributed by atoms with Crippen molar-refractivity contribution in [2.45, 2.75) is 18.9 Å². The van der Waals surface area contributed by atoms with Crippen molar-refractivity contribution in [2.75, 3.05) is 13.7 Å². The van der Waals surface area contributed by atoms with E-state index in [0.717, 1.165) is 6.42 Å². The number of amides is 1. The van der Waals surface area contributed by atoms with Gasteiger partial charge in [-0.1, -0.05) is 0 Å². The van der Waals surface area contributed by atoms with Gasteiger partial charge in [0.15, 0.2) is 0 Å². The molecule has 0 radical (unpaired) electrons. The molecule has 1 aliphatic heterocycles. The molecule has 1 fully saturated rings. The van der Waals surface area contributed by atoms with E-state index in [1.165, 1.54) is 12.0 Å². The monoisotopic (exact) mass is 232 g/mol. The number of carbonyl (C=O) groups is 2. The van der Waals surface area contributed by atoms with Gasteiger partial charge < -0.3 is 19.7 Å². The molecule has 0 aromatic carbocycles. The van der Waals surface area contributed by atoms with Crippen LogP contribution in [0.5, 0.6) is 0 Å². The maximum Gasteiger partial charge on any atom is 0.361 e. The van der Waals surface area contributed by atoms with Crippen LogP contribution < -0.4 is 5.00 Å². The van der Waals surface area contributed by atoms with E-state index in [9.17, 15) is 9.59 Å². The zero-order valence-corrected chi connectivity index (χ0v) is 9.52. The van der Waals surface area contributed by atoms with Crippen LogP contribution in [0.3, 0.4) is 0 Å². The summed E-state index contributed by atoms with van der Waals surface area (Å²) in [5.74, 6) is -0.366. The largest absolute Gasteiger partial charge is 0.467 e. The van der Waals surface area contributed by atoms with Crippen molar-refractivity contribution in [3.63, 3.8) is 0 Å². The molecule has 0 aliphatic carbocycles. The molecular weight excluding hydrogens is 218 g/mol. The minimum atomic E-state index is -0.449. The summed E-state index contributed by atoms with van der Waals surface area (Å²) in [6, 6.07) is -0.449. The van der Waals surface area contributed by atoms with E-state index >= 15 is 0 Å². The van der Waals surface area contributed by atoms with Gasteiger partial charge in [-0.15, -0.1) is 0 Å². The summed E-state index contributed by atoms with van der Waals surface area (Å²) in [7, 11) is 0.881. The van der Waals surface area contributed by atoms with Gasteiger partial charge in [0.2, 0.25) is 0 Å². The first-order valence-electron chi connectivity index (χ1n) is 4.69. The zero-order chi connectivity index (χ0) is 11.3. The summed E-state index contributed by atoms with van der Waals surface area (Å²) in [6.45, 7) is 0.582. The Balaban J connectivity index is 2.52. The van der Waals surface area contributed by atoms with Crippen molar-refractivity contribution < 1.29 is 19.3 Å². The number of nitrogens with one attached hydrogen (secondary N) is 1. The van der Waals surface area contributed by atoms with E-state index in [1.807, 2.05) is 0 Å². The molecule has 0 saturated carbocycles. The standard InChI is InChI=1S/C7H14BN2O4P/c1-14-6(11)5-3-2-4-10(5)7(12)15-9-8-13/h5,8-9,13,15H,2-4H2,1H3/t5-/m0/s1. The SMILES string of the molecule is COC(=O)[C@@H]1CCCN1C(=O)PNBO. The van der Waals surface area contributed by atoms with E-state index in [0.29, 0.717) is 13.0 Å². The molecule has 0 bridgehead atoms. The third-order valence-electron chi connectivity index (χ3n) is 2.26. The van der Waals surface area contributed by atoms with Crippen LogP contribution in [0, 0.1) is 0 Å². The molecule has 84 valence electrons. The third kappa shape index (κ3) is 3.16. The number of rotatable bonds is 4. The third-order valence-corrected chi connectivity index (χ3v) is 3.10. The zero-order valence-electron chi connectivity index (χ0n) is 8.52. The van der Waals surface area contributed by atoms with Crippen LogP contribution in [0.15, 0.2) is 0 Å². The maximum absolute atomic E-state index is 11.6. The van der Waals surface area contributed by atoms with Crippen molar-refractivity contribution >= 4 is 28.0 Å². The molecule has 6 nitrogen and oxygen atoms in total. The molecular formula is C7H14BN2O4P. The highest BCUT2D eigenvalue weighted by molar-refractivity contribution is 7.57. The van der Waals surface area contributed by atoms with Gasteiger partial charge >= 0.3 is 13.6 Å². The number of likely N-dealkylation sites (tertiary alicyclic amines) is 1. The van der Waals surface area contributed by atoms with Gasteiger partial charge in [0.1, 0.15) is 6.04 Å². The first kappa shape index (κ1) is 12.4. The molecule has 1 heterocycles. The van der Waals surface area contributed by atoms with Crippen molar-refractivity contribution in [3.05, 3.63) is 0 Å². The number of ether oxygens (including phenoxy) is 1. The lowest BCUT2D eigenvalue weighted by Crippen LogP contribution is -2.39. The van der Waals surface area contributed by atoms with Crippen LogP contribution in [-0.2, 0) is 9.53 Å². The molecule has 1 aliphatic rings. The van der Waals surface area contributed by atoms with Gasteiger partial charge in [-0.05, 0) is 12.8 Å². The summed E-state index contributed by atoms with van der Waals surface area (Å²) in [5, 5.41) is 8.51. The van der Waals surface area contributed by atoms with Gasteiger partial charge in [-0.25, -0.2) is 4.79 Å². The van der Waals surface area contributed by atoms with Crippen molar-refractivity contribution in [2.24, 2.45) is 0 Å². The molecule has 15 heavy (non-hydrogen) atoms. The summed E-state index contributed by atoms with van der Waals surface area (Å²) in [5.41, 5.74) is -0.156. The van der Waals surface area contributed by atoms with E-state index < -0.39 is 6.04 Å². The molecule has 1 amide bonds. The molecule has 1 saturated heterocycles. The second-order valence-corrected chi connectivity index (χ2v) is 4.17. The fraction of sp³-hybridized carbons (Fsp3) is 0.714.